The fourth-order valence-corrected chi connectivity index (χ4v) is 3.19. The summed E-state index contributed by atoms with van der Waals surface area (Å²) >= 11 is 1.07. The summed E-state index contributed by atoms with van der Waals surface area (Å²) in [6.07, 6.45) is -4.56. The third-order valence-corrected chi connectivity index (χ3v) is 4.50. The number of rotatable bonds is 3. The first kappa shape index (κ1) is 16.6. The van der Waals surface area contributed by atoms with Crippen LogP contribution in [0.3, 0.4) is 0 Å². The highest BCUT2D eigenvalue weighted by Crippen LogP contribution is 2.31. The van der Waals surface area contributed by atoms with Gasteiger partial charge < -0.3 is 8.98 Å². The molecule has 2 aromatic heterocycles. The van der Waals surface area contributed by atoms with Gasteiger partial charge in [0, 0.05) is 24.3 Å². The molecular weight excluding hydrogens is 343 g/mol. The molecule has 126 valence electrons. The van der Waals surface area contributed by atoms with E-state index in [9.17, 15) is 18.0 Å². The first-order chi connectivity index (χ1) is 11.3. The number of aryl methyl sites for hydroxylation is 1. The van der Waals surface area contributed by atoms with Crippen LogP contribution in [0.25, 0.3) is 11.0 Å². The van der Waals surface area contributed by atoms with E-state index in [1.165, 1.54) is 13.1 Å². The molecule has 0 aliphatic carbocycles. The molecule has 5 nitrogen and oxygen atoms in total. The predicted molar refractivity (Wildman–Crippen MR) is 82.8 cm³/mol. The Labute approximate surface area is 138 Å². The van der Waals surface area contributed by atoms with Crippen LogP contribution < -0.4 is 5.63 Å². The van der Waals surface area contributed by atoms with Crippen molar-refractivity contribution in [1.29, 1.82) is 0 Å². The Morgan fingerprint density at radius 2 is 2.00 bits per heavy atom. The highest BCUT2D eigenvalue weighted by molar-refractivity contribution is 7.98. The molecule has 0 amide bonds. The number of fused-ring (bicyclic) bond motifs is 1. The molecule has 0 spiro atoms. The Kier molecular flexibility index (Phi) is 4.12. The van der Waals surface area contributed by atoms with E-state index in [1.54, 1.807) is 6.07 Å². The zero-order valence-electron chi connectivity index (χ0n) is 12.7. The third kappa shape index (κ3) is 3.16. The second-order valence-corrected chi connectivity index (χ2v) is 6.18. The number of alkyl halides is 3. The Morgan fingerprint density at radius 3 is 2.67 bits per heavy atom. The summed E-state index contributed by atoms with van der Waals surface area (Å²) in [5.41, 5.74) is 1.56. The van der Waals surface area contributed by atoms with E-state index in [4.69, 9.17) is 4.42 Å². The third-order valence-electron chi connectivity index (χ3n) is 3.43. The van der Waals surface area contributed by atoms with Crippen molar-refractivity contribution in [2.45, 2.75) is 24.0 Å². The van der Waals surface area contributed by atoms with Crippen molar-refractivity contribution in [1.82, 2.24) is 14.8 Å². The lowest BCUT2D eigenvalue weighted by Crippen LogP contribution is -2.13. The van der Waals surface area contributed by atoms with Crippen LogP contribution in [-0.2, 0) is 19.0 Å². The van der Waals surface area contributed by atoms with Crippen molar-refractivity contribution in [2.75, 3.05) is 0 Å². The zero-order valence-corrected chi connectivity index (χ0v) is 13.5. The minimum atomic E-state index is -4.56. The molecule has 0 aliphatic heterocycles. The summed E-state index contributed by atoms with van der Waals surface area (Å²) in [6, 6.07) is 6.78. The summed E-state index contributed by atoms with van der Waals surface area (Å²) in [5.74, 6) is -0.785. The summed E-state index contributed by atoms with van der Waals surface area (Å²) in [4.78, 5) is 11.7. The van der Waals surface area contributed by atoms with Crippen LogP contribution in [0, 0.1) is 6.92 Å². The molecule has 0 saturated carbocycles. The average molecular weight is 355 g/mol. The lowest BCUT2D eigenvalue weighted by Gasteiger charge is -2.07. The lowest BCUT2D eigenvalue weighted by molar-refractivity contribution is -0.147. The van der Waals surface area contributed by atoms with E-state index in [2.05, 4.69) is 10.2 Å². The van der Waals surface area contributed by atoms with Gasteiger partial charge in [0.05, 0.1) is 0 Å². The van der Waals surface area contributed by atoms with E-state index >= 15 is 0 Å². The summed E-state index contributed by atoms with van der Waals surface area (Å²) in [7, 11) is 1.26. The van der Waals surface area contributed by atoms with Crippen LogP contribution in [0.15, 0.2) is 38.6 Å². The van der Waals surface area contributed by atoms with Gasteiger partial charge in [0.1, 0.15) is 5.58 Å². The van der Waals surface area contributed by atoms with Gasteiger partial charge in [0.25, 0.3) is 0 Å². The predicted octanol–water partition coefficient (Wildman–Crippen LogP) is 3.54. The molecule has 3 rings (SSSR count). The van der Waals surface area contributed by atoms with Crippen molar-refractivity contribution < 1.29 is 17.6 Å². The van der Waals surface area contributed by atoms with Crippen LogP contribution in [0.4, 0.5) is 13.2 Å². The fourth-order valence-electron chi connectivity index (χ4n) is 2.29. The summed E-state index contributed by atoms with van der Waals surface area (Å²) in [5, 5.41) is 7.61. The molecule has 0 radical (unpaired) electrons. The topological polar surface area (TPSA) is 60.9 Å². The van der Waals surface area contributed by atoms with Gasteiger partial charge >= 0.3 is 11.8 Å². The van der Waals surface area contributed by atoms with E-state index in [0.717, 1.165) is 27.3 Å². The van der Waals surface area contributed by atoms with E-state index < -0.39 is 17.6 Å². The second kappa shape index (κ2) is 5.97. The molecule has 9 heteroatoms. The normalized spacial score (nSPS) is 12.0. The standard InChI is InChI=1S/C15H12F3N3O2S/c1-8-3-4-10-9(6-12(22)23-11(10)5-8)7-24-14-20-19-13(21(14)2)15(16,17)18/h3-6H,7H2,1-2H3. The van der Waals surface area contributed by atoms with Crippen LogP contribution in [0.2, 0.25) is 0 Å². The van der Waals surface area contributed by atoms with E-state index in [1.807, 2.05) is 19.1 Å². The van der Waals surface area contributed by atoms with Crippen LogP contribution >= 0.6 is 11.8 Å². The number of halogens is 3. The molecule has 24 heavy (non-hydrogen) atoms. The monoisotopic (exact) mass is 355 g/mol. The van der Waals surface area contributed by atoms with Gasteiger partial charge in [0.15, 0.2) is 5.16 Å². The average Bonchev–Trinajstić information content (AvgIpc) is 2.85. The maximum Gasteiger partial charge on any atom is 0.451 e. The van der Waals surface area contributed by atoms with Gasteiger partial charge in [-0.15, -0.1) is 10.2 Å². The highest BCUT2D eigenvalue weighted by Gasteiger charge is 2.37. The first-order valence-corrected chi connectivity index (χ1v) is 7.87. The first-order valence-electron chi connectivity index (χ1n) is 6.88. The van der Waals surface area contributed by atoms with E-state index in [0.29, 0.717) is 11.1 Å². The number of nitrogens with zero attached hydrogens (tertiary/aromatic N) is 3. The Balaban J connectivity index is 1.92. The maximum absolute atomic E-state index is 12.7. The van der Waals surface area contributed by atoms with Crippen LogP contribution in [-0.4, -0.2) is 14.8 Å². The molecule has 2 heterocycles. The Bertz CT molecular complexity index is 963. The Morgan fingerprint density at radius 1 is 1.25 bits per heavy atom. The number of benzene rings is 1. The van der Waals surface area contributed by atoms with Gasteiger partial charge in [-0.2, -0.15) is 13.2 Å². The molecule has 0 aliphatic rings. The molecule has 0 fully saturated rings. The second-order valence-electron chi connectivity index (χ2n) is 5.24. The van der Waals surface area contributed by atoms with Crippen molar-refractivity contribution in [2.24, 2.45) is 7.05 Å². The molecule has 0 N–H and O–H groups in total. The minimum absolute atomic E-state index is 0.121. The van der Waals surface area contributed by atoms with Gasteiger partial charge in [-0.3, -0.25) is 0 Å². The largest absolute Gasteiger partial charge is 0.451 e. The molecule has 1 aromatic carbocycles. The SMILES string of the molecule is Cc1ccc2c(CSc3nnc(C(F)(F)F)n3C)cc(=O)oc2c1. The lowest BCUT2D eigenvalue weighted by atomic mass is 10.1. The molecule has 3 aromatic rings. The number of hydrogen-bond acceptors (Lipinski definition) is 5. The van der Waals surface area contributed by atoms with Crippen LogP contribution in [0.5, 0.6) is 0 Å². The van der Waals surface area contributed by atoms with Gasteiger partial charge in [0.2, 0.25) is 5.82 Å². The van der Waals surface area contributed by atoms with Crippen molar-refractivity contribution >= 4 is 22.7 Å². The van der Waals surface area contributed by atoms with Crippen LogP contribution in [0.1, 0.15) is 17.0 Å². The van der Waals surface area contributed by atoms with Gasteiger partial charge in [-0.25, -0.2) is 4.79 Å². The van der Waals surface area contributed by atoms with E-state index in [-0.39, 0.29) is 10.9 Å². The molecule has 0 bridgehead atoms. The fraction of sp³-hybridized carbons (Fsp3) is 0.267. The number of hydrogen-bond donors (Lipinski definition) is 0. The van der Waals surface area contributed by atoms with Crippen molar-refractivity contribution in [3.05, 3.63) is 51.6 Å². The number of aromatic nitrogens is 3. The van der Waals surface area contributed by atoms with Gasteiger partial charge in [-0.1, -0.05) is 23.9 Å². The minimum Gasteiger partial charge on any atom is -0.423 e. The molecule has 0 unspecified atom stereocenters. The quantitative estimate of drug-likeness (QED) is 0.531. The van der Waals surface area contributed by atoms with Crippen molar-refractivity contribution in [3.63, 3.8) is 0 Å². The van der Waals surface area contributed by atoms with Gasteiger partial charge in [-0.05, 0) is 24.1 Å². The molecular formula is C15H12F3N3O2S. The molecule has 0 atom stereocenters. The summed E-state index contributed by atoms with van der Waals surface area (Å²) < 4.78 is 44.3. The highest BCUT2D eigenvalue weighted by atomic mass is 32.2. The Hall–Kier alpha value is -2.29. The molecule has 0 saturated heterocycles. The number of thioether (sulfide) groups is 1. The maximum atomic E-state index is 12.7. The van der Waals surface area contributed by atoms with Crippen molar-refractivity contribution in [3.8, 4) is 0 Å². The zero-order chi connectivity index (χ0) is 17.5. The summed E-state index contributed by atoms with van der Waals surface area (Å²) in [6.45, 7) is 1.87. The smallest absolute Gasteiger partial charge is 0.423 e.